The third-order valence-electron chi connectivity index (χ3n) is 6.39. The number of methoxy groups -OCH3 is 3. The van der Waals surface area contributed by atoms with Crippen LogP contribution in [0.2, 0.25) is 0 Å². The van der Waals surface area contributed by atoms with Gasteiger partial charge in [-0.3, -0.25) is 4.79 Å². The van der Waals surface area contributed by atoms with Gasteiger partial charge in [0.1, 0.15) is 0 Å². The van der Waals surface area contributed by atoms with E-state index >= 15 is 0 Å². The number of ketones is 1. The van der Waals surface area contributed by atoms with Crippen molar-refractivity contribution in [3.8, 4) is 17.2 Å². The molecule has 0 amide bonds. The topological polar surface area (TPSA) is 60.0 Å². The summed E-state index contributed by atoms with van der Waals surface area (Å²) < 4.78 is 17.1. The van der Waals surface area contributed by atoms with Crippen molar-refractivity contribution in [2.75, 3.05) is 45.6 Å². The maximum Gasteiger partial charge on any atom is 0.203 e. The standard InChI is InChI=1S/C26H32N2O4/c1-26(2)13-18-22(19(29)14-26)21(15-8-10-16(11-9-15)28(3)4)23-17(27-18)12-20(30-5)24(31-6)25(23)32-7/h8-12,21,27H,13-14H2,1-7H3/t21-/m1/s1. The van der Waals surface area contributed by atoms with Crippen LogP contribution in [0.1, 0.15) is 43.7 Å². The van der Waals surface area contributed by atoms with Gasteiger partial charge in [0, 0.05) is 55.0 Å². The van der Waals surface area contributed by atoms with Crippen molar-refractivity contribution in [3.05, 3.63) is 52.7 Å². The SMILES string of the molecule is COc1cc2c(c(OC)c1OC)[C@H](c1ccc(N(C)C)cc1)C1=C(CC(C)(C)CC1=O)N2. The zero-order valence-corrected chi connectivity index (χ0v) is 20.0. The van der Waals surface area contributed by atoms with Crippen LogP contribution in [0, 0.1) is 5.41 Å². The van der Waals surface area contributed by atoms with Crippen LogP contribution in [0.5, 0.6) is 17.2 Å². The number of hydrogen-bond donors (Lipinski definition) is 1. The lowest BCUT2D eigenvalue weighted by molar-refractivity contribution is -0.118. The molecule has 4 rings (SSSR count). The molecule has 0 saturated heterocycles. The molecule has 1 aliphatic carbocycles. The molecule has 0 aromatic heterocycles. The molecule has 32 heavy (non-hydrogen) atoms. The number of hydrogen-bond acceptors (Lipinski definition) is 6. The number of ether oxygens (including phenoxy) is 3. The van der Waals surface area contributed by atoms with Gasteiger partial charge in [0.2, 0.25) is 5.75 Å². The number of carbonyl (C=O) groups excluding carboxylic acids is 1. The summed E-state index contributed by atoms with van der Waals surface area (Å²) in [6, 6.07) is 10.3. The average molecular weight is 437 g/mol. The van der Waals surface area contributed by atoms with E-state index in [1.165, 1.54) is 0 Å². The van der Waals surface area contributed by atoms with E-state index in [0.29, 0.717) is 23.7 Å². The van der Waals surface area contributed by atoms with Gasteiger partial charge in [-0.05, 0) is 29.5 Å². The second-order valence-electron chi connectivity index (χ2n) is 9.48. The molecular weight excluding hydrogens is 404 g/mol. The van der Waals surface area contributed by atoms with Gasteiger partial charge in [-0.2, -0.15) is 0 Å². The molecule has 170 valence electrons. The molecule has 1 N–H and O–H groups in total. The zero-order valence-electron chi connectivity index (χ0n) is 20.0. The second kappa shape index (κ2) is 8.08. The number of carbonyl (C=O) groups is 1. The highest BCUT2D eigenvalue weighted by Crippen LogP contribution is 2.56. The van der Waals surface area contributed by atoms with E-state index in [2.05, 4.69) is 48.3 Å². The fourth-order valence-electron chi connectivity index (χ4n) is 4.95. The van der Waals surface area contributed by atoms with Crippen LogP contribution >= 0.6 is 0 Å². The molecule has 0 saturated carbocycles. The second-order valence-corrected chi connectivity index (χ2v) is 9.48. The Kier molecular flexibility index (Phi) is 5.57. The summed E-state index contributed by atoms with van der Waals surface area (Å²) in [6.07, 6.45) is 1.32. The van der Waals surface area contributed by atoms with E-state index < -0.39 is 0 Å². The van der Waals surface area contributed by atoms with Crippen LogP contribution in [0.3, 0.4) is 0 Å². The Morgan fingerprint density at radius 3 is 2.19 bits per heavy atom. The van der Waals surface area contributed by atoms with E-state index in [4.69, 9.17) is 14.2 Å². The molecule has 2 aromatic rings. The molecule has 2 aromatic carbocycles. The van der Waals surface area contributed by atoms with Gasteiger partial charge in [-0.15, -0.1) is 0 Å². The highest BCUT2D eigenvalue weighted by atomic mass is 16.5. The summed E-state index contributed by atoms with van der Waals surface area (Å²) in [5.41, 5.74) is 5.63. The van der Waals surface area contributed by atoms with Crippen molar-refractivity contribution in [1.29, 1.82) is 0 Å². The van der Waals surface area contributed by atoms with E-state index in [1.54, 1.807) is 21.3 Å². The predicted octanol–water partition coefficient (Wildman–Crippen LogP) is 4.98. The maximum atomic E-state index is 13.5. The first-order valence-electron chi connectivity index (χ1n) is 10.8. The number of fused-ring (bicyclic) bond motifs is 1. The highest BCUT2D eigenvalue weighted by Gasteiger charge is 2.43. The predicted molar refractivity (Wildman–Crippen MR) is 127 cm³/mol. The van der Waals surface area contributed by atoms with Crippen molar-refractivity contribution < 1.29 is 19.0 Å². The minimum absolute atomic E-state index is 0.0968. The quantitative estimate of drug-likeness (QED) is 0.713. The molecular formula is C26H32N2O4. The fourth-order valence-corrected chi connectivity index (χ4v) is 4.95. The van der Waals surface area contributed by atoms with Gasteiger partial charge in [-0.25, -0.2) is 0 Å². The number of rotatable bonds is 5. The molecule has 1 atom stereocenters. The van der Waals surface area contributed by atoms with Crippen molar-refractivity contribution in [2.45, 2.75) is 32.6 Å². The Bertz CT molecular complexity index is 1080. The Morgan fingerprint density at radius 1 is 0.969 bits per heavy atom. The summed E-state index contributed by atoms with van der Waals surface area (Å²) in [4.78, 5) is 15.6. The summed E-state index contributed by atoms with van der Waals surface area (Å²) in [5.74, 6) is 1.62. The van der Waals surface area contributed by atoms with Crippen LogP contribution in [0.15, 0.2) is 41.6 Å². The summed E-state index contributed by atoms with van der Waals surface area (Å²) in [7, 11) is 8.87. The minimum Gasteiger partial charge on any atom is -0.493 e. The third-order valence-corrected chi connectivity index (χ3v) is 6.39. The van der Waals surface area contributed by atoms with E-state index in [0.717, 1.165) is 40.2 Å². The molecule has 6 heteroatoms. The molecule has 0 bridgehead atoms. The van der Waals surface area contributed by atoms with Crippen molar-refractivity contribution in [3.63, 3.8) is 0 Å². The lowest BCUT2D eigenvalue weighted by Gasteiger charge is -2.40. The first kappa shape index (κ1) is 22.1. The van der Waals surface area contributed by atoms with Gasteiger partial charge in [0.05, 0.1) is 27.0 Å². The Morgan fingerprint density at radius 2 is 1.62 bits per heavy atom. The van der Waals surface area contributed by atoms with Crippen LogP contribution in [-0.4, -0.2) is 41.2 Å². The highest BCUT2D eigenvalue weighted by molar-refractivity contribution is 6.02. The van der Waals surface area contributed by atoms with Gasteiger partial charge in [0.15, 0.2) is 17.3 Å². The van der Waals surface area contributed by atoms with Gasteiger partial charge in [-0.1, -0.05) is 26.0 Å². The summed E-state index contributed by atoms with van der Waals surface area (Å²) >= 11 is 0. The number of anilines is 2. The van der Waals surface area contributed by atoms with Crippen LogP contribution < -0.4 is 24.4 Å². The Hall–Kier alpha value is -3.15. The van der Waals surface area contributed by atoms with Crippen LogP contribution in [0.25, 0.3) is 0 Å². The monoisotopic (exact) mass is 436 g/mol. The molecule has 2 aliphatic rings. The van der Waals surface area contributed by atoms with Crippen molar-refractivity contribution in [2.24, 2.45) is 5.41 Å². The van der Waals surface area contributed by atoms with E-state index in [-0.39, 0.29) is 17.1 Å². The number of nitrogens with one attached hydrogen (secondary N) is 1. The molecule has 0 unspecified atom stereocenters. The molecule has 0 spiro atoms. The largest absolute Gasteiger partial charge is 0.493 e. The Labute approximate surface area is 190 Å². The lowest BCUT2D eigenvalue weighted by Crippen LogP contribution is -2.34. The average Bonchev–Trinajstić information content (AvgIpc) is 2.75. The third kappa shape index (κ3) is 3.57. The normalized spacial score (nSPS) is 19.0. The van der Waals surface area contributed by atoms with Gasteiger partial charge < -0.3 is 24.4 Å². The van der Waals surface area contributed by atoms with Crippen LogP contribution in [0.4, 0.5) is 11.4 Å². The number of nitrogens with zero attached hydrogens (tertiary/aromatic N) is 1. The van der Waals surface area contributed by atoms with Crippen LogP contribution in [-0.2, 0) is 4.79 Å². The van der Waals surface area contributed by atoms with Gasteiger partial charge in [0.25, 0.3) is 0 Å². The summed E-state index contributed by atoms with van der Waals surface area (Å²) in [6.45, 7) is 4.28. The van der Waals surface area contributed by atoms with E-state index in [9.17, 15) is 4.79 Å². The lowest BCUT2D eigenvalue weighted by atomic mass is 9.68. The number of benzene rings is 2. The molecule has 1 heterocycles. The number of allylic oxidation sites excluding steroid dienone is 2. The molecule has 6 nitrogen and oxygen atoms in total. The molecule has 0 radical (unpaired) electrons. The fraction of sp³-hybridized carbons (Fsp3) is 0.423. The summed E-state index contributed by atoms with van der Waals surface area (Å²) in [5, 5.41) is 3.55. The minimum atomic E-state index is -0.254. The molecule has 1 aliphatic heterocycles. The first-order valence-corrected chi connectivity index (χ1v) is 10.8. The Balaban J connectivity index is 2.00. The smallest absolute Gasteiger partial charge is 0.203 e. The van der Waals surface area contributed by atoms with E-state index in [1.807, 2.05) is 20.2 Å². The van der Waals surface area contributed by atoms with Crippen molar-refractivity contribution in [1.82, 2.24) is 0 Å². The number of Topliss-reactive ketones (excluding diaryl/α,β-unsaturated/α-hetero) is 1. The van der Waals surface area contributed by atoms with Gasteiger partial charge >= 0.3 is 0 Å². The molecule has 0 fully saturated rings. The van der Waals surface area contributed by atoms with Crippen molar-refractivity contribution >= 4 is 17.2 Å². The maximum absolute atomic E-state index is 13.5. The first-order chi connectivity index (χ1) is 15.2. The zero-order chi connectivity index (χ0) is 23.2.